The number of carbonyl (C=O) groups is 1. The van der Waals surface area contributed by atoms with Crippen molar-refractivity contribution >= 4 is 27.6 Å². The smallest absolute Gasteiger partial charge is 0.338 e. The second-order valence-electron chi connectivity index (χ2n) is 4.72. The highest BCUT2D eigenvalue weighted by Gasteiger charge is 2.14. The molecular weight excluding hydrogens is 318 g/mol. The monoisotopic (exact) mass is 331 g/mol. The molecule has 1 N–H and O–H groups in total. The fourth-order valence-corrected chi connectivity index (χ4v) is 2.66. The predicted octanol–water partition coefficient (Wildman–Crippen LogP) is 3.77. The van der Waals surface area contributed by atoms with E-state index in [0.29, 0.717) is 5.56 Å². The molecule has 3 rings (SSSR count). The molecule has 0 unspecified atom stereocenters. The highest BCUT2D eigenvalue weighted by atomic mass is 79.9. The van der Waals surface area contributed by atoms with Crippen LogP contribution < -0.4 is 5.32 Å². The number of nitrogens with one attached hydrogen (secondary N) is 1. The van der Waals surface area contributed by atoms with Gasteiger partial charge in [-0.25, -0.2) is 4.79 Å². The molecule has 3 nitrogen and oxygen atoms in total. The second-order valence-corrected chi connectivity index (χ2v) is 5.57. The SMILES string of the molecule is O=C(OCc1ccccc1Br)c1ccc2c(c1)NCC2. The van der Waals surface area contributed by atoms with Crippen molar-refractivity contribution in [2.45, 2.75) is 13.0 Å². The van der Waals surface area contributed by atoms with Crippen LogP contribution in [0.15, 0.2) is 46.9 Å². The molecule has 1 aliphatic rings. The van der Waals surface area contributed by atoms with E-state index >= 15 is 0 Å². The largest absolute Gasteiger partial charge is 0.457 e. The van der Waals surface area contributed by atoms with Crippen LogP contribution in [0.25, 0.3) is 0 Å². The second kappa shape index (κ2) is 5.67. The lowest BCUT2D eigenvalue weighted by Crippen LogP contribution is -2.06. The molecule has 0 atom stereocenters. The van der Waals surface area contributed by atoms with Gasteiger partial charge in [-0.3, -0.25) is 0 Å². The van der Waals surface area contributed by atoms with Crippen molar-refractivity contribution in [2.24, 2.45) is 0 Å². The van der Waals surface area contributed by atoms with E-state index < -0.39 is 0 Å². The van der Waals surface area contributed by atoms with Gasteiger partial charge >= 0.3 is 5.97 Å². The molecule has 2 aromatic rings. The van der Waals surface area contributed by atoms with Gasteiger partial charge in [-0.05, 0) is 30.2 Å². The van der Waals surface area contributed by atoms with Gasteiger partial charge in [0.1, 0.15) is 6.61 Å². The van der Waals surface area contributed by atoms with Crippen molar-refractivity contribution in [3.63, 3.8) is 0 Å². The molecule has 102 valence electrons. The van der Waals surface area contributed by atoms with E-state index in [1.54, 1.807) is 0 Å². The number of fused-ring (bicyclic) bond motifs is 1. The average molecular weight is 332 g/mol. The molecule has 1 heterocycles. The summed E-state index contributed by atoms with van der Waals surface area (Å²) in [5, 5.41) is 3.26. The van der Waals surface area contributed by atoms with Crippen LogP contribution in [0.5, 0.6) is 0 Å². The molecule has 1 aliphatic heterocycles. The number of benzene rings is 2. The fourth-order valence-electron chi connectivity index (χ4n) is 2.26. The van der Waals surface area contributed by atoms with Gasteiger partial charge in [0.05, 0.1) is 5.56 Å². The van der Waals surface area contributed by atoms with Crippen LogP contribution in [0.2, 0.25) is 0 Å². The van der Waals surface area contributed by atoms with E-state index in [0.717, 1.165) is 28.7 Å². The van der Waals surface area contributed by atoms with E-state index in [-0.39, 0.29) is 12.6 Å². The summed E-state index contributed by atoms with van der Waals surface area (Å²) in [4.78, 5) is 12.1. The zero-order valence-corrected chi connectivity index (χ0v) is 12.4. The van der Waals surface area contributed by atoms with E-state index in [1.807, 2.05) is 42.5 Å². The van der Waals surface area contributed by atoms with Gasteiger partial charge in [0.15, 0.2) is 0 Å². The summed E-state index contributed by atoms with van der Waals surface area (Å²) in [5.41, 5.74) is 3.85. The van der Waals surface area contributed by atoms with Crippen molar-refractivity contribution in [1.29, 1.82) is 0 Å². The molecule has 0 spiro atoms. The van der Waals surface area contributed by atoms with Crippen molar-refractivity contribution < 1.29 is 9.53 Å². The molecule has 0 radical (unpaired) electrons. The summed E-state index contributed by atoms with van der Waals surface area (Å²) < 4.78 is 6.31. The zero-order chi connectivity index (χ0) is 13.9. The van der Waals surface area contributed by atoms with Crippen LogP contribution in [0.4, 0.5) is 5.69 Å². The van der Waals surface area contributed by atoms with Crippen LogP contribution in [-0.2, 0) is 17.8 Å². The standard InChI is InChI=1S/C16H14BrNO2/c17-14-4-2-1-3-13(14)10-20-16(19)12-6-5-11-7-8-18-15(11)9-12/h1-6,9,18H,7-8,10H2. The summed E-state index contributed by atoms with van der Waals surface area (Å²) in [5.74, 6) is -0.294. The summed E-state index contributed by atoms with van der Waals surface area (Å²) in [6, 6.07) is 13.4. The van der Waals surface area contributed by atoms with Crippen LogP contribution in [0.1, 0.15) is 21.5 Å². The lowest BCUT2D eigenvalue weighted by Gasteiger charge is -2.08. The third-order valence-electron chi connectivity index (χ3n) is 3.37. The number of esters is 1. The number of halogens is 1. The van der Waals surface area contributed by atoms with Crippen LogP contribution >= 0.6 is 15.9 Å². The van der Waals surface area contributed by atoms with Gasteiger partial charge in [-0.1, -0.05) is 40.2 Å². The molecular formula is C16H14BrNO2. The van der Waals surface area contributed by atoms with E-state index in [1.165, 1.54) is 5.56 Å². The summed E-state index contributed by atoms with van der Waals surface area (Å²) in [6.07, 6.45) is 1.02. The maximum absolute atomic E-state index is 12.1. The van der Waals surface area contributed by atoms with Gasteiger partial charge < -0.3 is 10.1 Å². The predicted molar refractivity (Wildman–Crippen MR) is 81.9 cm³/mol. The highest BCUT2D eigenvalue weighted by molar-refractivity contribution is 9.10. The first-order chi connectivity index (χ1) is 9.74. The fraction of sp³-hybridized carbons (Fsp3) is 0.188. The van der Waals surface area contributed by atoms with Gasteiger partial charge in [-0.2, -0.15) is 0 Å². The minimum atomic E-state index is -0.294. The number of hydrogen-bond donors (Lipinski definition) is 1. The Morgan fingerprint density at radius 3 is 2.95 bits per heavy atom. The first-order valence-electron chi connectivity index (χ1n) is 6.51. The van der Waals surface area contributed by atoms with E-state index in [2.05, 4.69) is 21.2 Å². The zero-order valence-electron chi connectivity index (χ0n) is 10.9. The number of ether oxygens (including phenoxy) is 1. The Labute approximate surface area is 126 Å². The first-order valence-corrected chi connectivity index (χ1v) is 7.30. The third-order valence-corrected chi connectivity index (χ3v) is 4.15. The molecule has 0 aromatic heterocycles. The van der Waals surface area contributed by atoms with E-state index in [4.69, 9.17) is 4.74 Å². The molecule has 0 bridgehead atoms. The topological polar surface area (TPSA) is 38.3 Å². The van der Waals surface area contributed by atoms with Crippen molar-refractivity contribution in [1.82, 2.24) is 0 Å². The van der Waals surface area contributed by atoms with Crippen LogP contribution in [-0.4, -0.2) is 12.5 Å². The Hall–Kier alpha value is -1.81. The van der Waals surface area contributed by atoms with E-state index in [9.17, 15) is 4.79 Å². The number of hydrogen-bond acceptors (Lipinski definition) is 3. The Balaban J connectivity index is 1.69. The summed E-state index contributed by atoms with van der Waals surface area (Å²) >= 11 is 3.44. The lowest BCUT2D eigenvalue weighted by molar-refractivity contribution is 0.0472. The van der Waals surface area contributed by atoms with Crippen molar-refractivity contribution in [3.05, 3.63) is 63.6 Å². The van der Waals surface area contributed by atoms with Gasteiger partial charge in [0.25, 0.3) is 0 Å². The minimum absolute atomic E-state index is 0.269. The number of anilines is 1. The molecule has 0 fully saturated rings. The Bertz CT molecular complexity index is 655. The maximum Gasteiger partial charge on any atom is 0.338 e. The first kappa shape index (κ1) is 13.2. The van der Waals surface area contributed by atoms with Gasteiger partial charge in [0.2, 0.25) is 0 Å². The van der Waals surface area contributed by atoms with Gasteiger partial charge in [0, 0.05) is 22.3 Å². The molecule has 0 saturated heterocycles. The maximum atomic E-state index is 12.1. The van der Waals surface area contributed by atoms with Crippen molar-refractivity contribution in [3.8, 4) is 0 Å². The number of rotatable bonds is 3. The quantitative estimate of drug-likeness (QED) is 0.870. The highest BCUT2D eigenvalue weighted by Crippen LogP contribution is 2.24. The Morgan fingerprint density at radius 2 is 2.10 bits per heavy atom. The third kappa shape index (κ3) is 2.70. The molecule has 0 saturated carbocycles. The van der Waals surface area contributed by atoms with Crippen LogP contribution in [0, 0.1) is 0 Å². The van der Waals surface area contributed by atoms with Gasteiger partial charge in [-0.15, -0.1) is 0 Å². The Kier molecular flexibility index (Phi) is 3.74. The Morgan fingerprint density at radius 1 is 1.25 bits per heavy atom. The molecule has 4 heteroatoms. The molecule has 20 heavy (non-hydrogen) atoms. The minimum Gasteiger partial charge on any atom is -0.457 e. The summed E-state index contributed by atoms with van der Waals surface area (Å²) in [7, 11) is 0. The number of carbonyl (C=O) groups excluding carboxylic acids is 1. The lowest BCUT2D eigenvalue weighted by atomic mass is 10.1. The van der Waals surface area contributed by atoms with Crippen LogP contribution in [0.3, 0.4) is 0 Å². The summed E-state index contributed by atoms with van der Waals surface area (Å²) in [6.45, 7) is 1.20. The van der Waals surface area contributed by atoms with Crippen molar-refractivity contribution in [2.75, 3.05) is 11.9 Å². The molecule has 0 amide bonds. The normalized spacial score (nSPS) is 12.7. The molecule has 2 aromatic carbocycles. The average Bonchev–Trinajstić information content (AvgIpc) is 2.93. The molecule has 0 aliphatic carbocycles.